The van der Waals surface area contributed by atoms with Crippen molar-refractivity contribution in [2.24, 2.45) is 10.2 Å². The minimum atomic E-state index is -0.363. The number of nitrogens with one attached hydrogen (secondary N) is 1. The molecule has 3 rings (SSSR count). The number of hydrogen-bond acceptors (Lipinski definition) is 5. The summed E-state index contributed by atoms with van der Waals surface area (Å²) in [6.45, 7) is 0. The number of fused-ring (bicyclic) bond motifs is 3. The molecule has 1 atom stereocenters. The van der Waals surface area contributed by atoms with E-state index in [4.69, 9.17) is 9.47 Å². The molecule has 0 saturated carbocycles. The monoisotopic (exact) mass is 245 g/mol. The van der Waals surface area contributed by atoms with Crippen LogP contribution in [0.5, 0.6) is 11.5 Å². The van der Waals surface area contributed by atoms with E-state index in [-0.39, 0.29) is 11.9 Å². The second-order valence-corrected chi connectivity index (χ2v) is 3.96. The highest BCUT2D eigenvalue weighted by Gasteiger charge is 2.34. The summed E-state index contributed by atoms with van der Waals surface area (Å²) in [5, 5.41) is 10.6. The van der Waals surface area contributed by atoms with Crippen molar-refractivity contribution in [1.82, 2.24) is 0 Å². The normalized spacial score (nSPS) is 19.8. The van der Waals surface area contributed by atoms with Gasteiger partial charge in [-0.15, -0.1) is 5.11 Å². The molecule has 2 aliphatic rings. The topological polar surface area (TPSA) is 72.3 Å². The van der Waals surface area contributed by atoms with Gasteiger partial charge in [-0.3, -0.25) is 4.79 Å². The van der Waals surface area contributed by atoms with Crippen LogP contribution in [-0.4, -0.2) is 20.1 Å². The lowest BCUT2D eigenvalue weighted by Gasteiger charge is -2.22. The molecule has 92 valence electrons. The Bertz CT molecular complexity index is 592. The van der Waals surface area contributed by atoms with Gasteiger partial charge in [-0.05, 0) is 6.07 Å². The number of methoxy groups -OCH3 is 2. The third-order valence-electron chi connectivity index (χ3n) is 3.03. The zero-order valence-corrected chi connectivity index (χ0v) is 9.93. The van der Waals surface area contributed by atoms with Gasteiger partial charge < -0.3 is 14.8 Å². The fourth-order valence-corrected chi connectivity index (χ4v) is 2.13. The SMILES string of the molecule is COc1cc(OC)c2c(c1)C1N=NC(=O)C1=CN2. The number of ether oxygens (including phenoxy) is 2. The summed E-state index contributed by atoms with van der Waals surface area (Å²) in [6, 6.07) is 3.25. The summed E-state index contributed by atoms with van der Waals surface area (Å²) in [6.07, 6.45) is 1.63. The lowest BCUT2D eigenvalue weighted by Crippen LogP contribution is -2.13. The van der Waals surface area contributed by atoms with E-state index in [1.54, 1.807) is 26.5 Å². The molecule has 1 aromatic carbocycles. The number of hydrogen-bond donors (Lipinski definition) is 1. The van der Waals surface area contributed by atoms with Crippen molar-refractivity contribution in [2.45, 2.75) is 6.04 Å². The number of rotatable bonds is 2. The Morgan fingerprint density at radius 1 is 1.28 bits per heavy atom. The molecule has 0 aliphatic carbocycles. The van der Waals surface area contributed by atoms with Crippen LogP contribution in [0.25, 0.3) is 0 Å². The van der Waals surface area contributed by atoms with E-state index in [2.05, 4.69) is 15.5 Å². The standard InChI is InChI=1S/C12H11N3O3/c1-17-6-3-7-10-8(12(16)15-14-10)5-13-11(7)9(4-6)18-2/h3-5,10,13H,1-2H3. The third-order valence-corrected chi connectivity index (χ3v) is 3.03. The zero-order chi connectivity index (χ0) is 12.7. The summed E-state index contributed by atoms with van der Waals surface area (Å²) in [5.41, 5.74) is 2.16. The maximum atomic E-state index is 11.5. The predicted octanol–water partition coefficient (Wildman–Crippen LogP) is 2.05. The predicted molar refractivity (Wildman–Crippen MR) is 63.9 cm³/mol. The maximum absolute atomic E-state index is 11.5. The molecule has 1 amide bonds. The van der Waals surface area contributed by atoms with Crippen molar-refractivity contribution in [3.05, 3.63) is 29.5 Å². The van der Waals surface area contributed by atoms with Gasteiger partial charge in [0.05, 0.1) is 25.5 Å². The Kier molecular flexibility index (Phi) is 2.29. The van der Waals surface area contributed by atoms with Crippen LogP contribution in [0.15, 0.2) is 34.1 Å². The van der Waals surface area contributed by atoms with E-state index in [0.717, 1.165) is 11.3 Å². The molecule has 0 spiro atoms. The summed E-state index contributed by atoms with van der Waals surface area (Å²) < 4.78 is 10.5. The number of carbonyl (C=O) groups excluding carboxylic acids is 1. The highest BCUT2D eigenvalue weighted by molar-refractivity contribution is 5.99. The second kappa shape index (κ2) is 3.83. The van der Waals surface area contributed by atoms with Gasteiger partial charge in [0, 0.05) is 17.8 Å². The molecule has 0 fully saturated rings. The molecule has 1 aromatic rings. The summed E-state index contributed by atoms with van der Waals surface area (Å²) >= 11 is 0. The minimum Gasteiger partial charge on any atom is -0.497 e. The Labute approximate surface area is 103 Å². The van der Waals surface area contributed by atoms with Crippen LogP contribution < -0.4 is 14.8 Å². The molecule has 1 N–H and O–H groups in total. The number of benzene rings is 1. The molecule has 1 unspecified atom stereocenters. The molecule has 2 heterocycles. The molecule has 6 nitrogen and oxygen atoms in total. The van der Waals surface area contributed by atoms with Gasteiger partial charge in [-0.2, -0.15) is 5.11 Å². The van der Waals surface area contributed by atoms with Crippen molar-refractivity contribution in [3.8, 4) is 11.5 Å². The van der Waals surface area contributed by atoms with Crippen LogP contribution in [0.4, 0.5) is 5.69 Å². The van der Waals surface area contributed by atoms with Gasteiger partial charge in [0.15, 0.2) is 0 Å². The number of anilines is 1. The van der Waals surface area contributed by atoms with Crippen LogP contribution >= 0.6 is 0 Å². The molecule has 6 heteroatoms. The van der Waals surface area contributed by atoms with Crippen molar-refractivity contribution in [1.29, 1.82) is 0 Å². The first kappa shape index (κ1) is 10.8. The molecule has 18 heavy (non-hydrogen) atoms. The van der Waals surface area contributed by atoms with Crippen LogP contribution in [0.2, 0.25) is 0 Å². The van der Waals surface area contributed by atoms with Crippen molar-refractivity contribution in [3.63, 3.8) is 0 Å². The van der Waals surface area contributed by atoms with E-state index in [0.29, 0.717) is 17.1 Å². The van der Waals surface area contributed by atoms with Crippen LogP contribution in [-0.2, 0) is 4.79 Å². The summed E-state index contributed by atoms with van der Waals surface area (Å²) in [5.74, 6) is 0.998. The lowest BCUT2D eigenvalue weighted by molar-refractivity contribution is -0.114. The maximum Gasteiger partial charge on any atom is 0.295 e. The highest BCUT2D eigenvalue weighted by atomic mass is 16.5. The van der Waals surface area contributed by atoms with Crippen LogP contribution in [0.3, 0.4) is 0 Å². The lowest BCUT2D eigenvalue weighted by atomic mass is 9.95. The quantitative estimate of drug-likeness (QED) is 0.865. The van der Waals surface area contributed by atoms with Gasteiger partial charge in [0.2, 0.25) is 0 Å². The number of azo groups is 1. The average molecular weight is 245 g/mol. The number of amides is 1. The minimum absolute atomic E-state index is 0.306. The smallest absolute Gasteiger partial charge is 0.295 e. The largest absolute Gasteiger partial charge is 0.497 e. The molecule has 0 aromatic heterocycles. The molecule has 0 saturated heterocycles. The Morgan fingerprint density at radius 3 is 2.83 bits per heavy atom. The zero-order valence-electron chi connectivity index (χ0n) is 9.93. The first-order valence-electron chi connectivity index (χ1n) is 5.42. The van der Waals surface area contributed by atoms with Crippen molar-refractivity contribution >= 4 is 11.6 Å². The van der Waals surface area contributed by atoms with Crippen LogP contribution in [0, 0.1) is 0 Å². The molecular weight excluding hydrogens is 234 g/mol. The van der Waals surface area contributed by atoms with Crippen molar-refractivity contribution < 1.29 is 14.3 Å². The van der Waals surface area contributed by atoms with E-state index in [9.17, 15) is 4.79 Å². The molecular formula is C12H11N3O3. The van der Waals surface area contributed by atoms with Gasteiger partial charge >= 0.3 is 0 Å². The third kappa shape index (κ3) is 1.38. The average Bonchev–Trinajstić information content (AvgIpc) is 2.79. The van der Waals surface area contributed by atoms with E-state index in [1.165, 1.54) is 0 Å². The van der Waals surface area contributed by atoms with E-state index in [1.807, 2.05) is 6.07 Å². The van der Waals surface area contributed by atoms with Crippen LogP contribution in [0.1, 0.15) is 11.6 Å². The Balaban J connectivity index is 2.17. The molecule has 0 bridgehead atoms. The van der Waals surface area contributed by atoms with Gasteiger partial charge in [0.25, 0.3) is 5.91 Å². The number of carbonyl (C=O) groups is 1. The second-order valence-electron chi connectivity index (χ2n) is 3.96. The Hall–Kier alpha value is -2.37. The van der Waals surface area contributed by atoms with Gasteiger partial charge in [-0.25, -0.2) is 0 Å². The van der Waals surface area contributed by atoms with Gasteiger partial charge in [0.1, 0.15) is 17.5 Å². The van der Waals surface area contributed by atoms with Gasteiger partial charge in [-0.1, -0.05) is 0 Å². The first-order valence-corrected chi connectivity index (χ1v) is 5.42. The van der Waals surface area contributed by atoms with E-state index >= 15 is 0 Å². The first-order chi connectivity index (χ1) is 8.74. The summed E-state index contributed by atoms with van der Waals surface area (Å²) in [7, 11) is 3.16. The summed E-state index contributed by atoms with van der Waals surface area (Å²) in [4.78, 5) is 11.5. The number of nitrogens with zero attached hydrogens (tertiary/aromatic N) is 2. The highest BCUT2D eigenvalue weighted by Crippen LogP contribution is 2.45. The Morgan fingerprint density at radius 2 is 2.11 bits per heavy atom. The molecule has 2 aliphatic heterocycles. The molecule has 0 radical (unpaired) electrons. The van der Waals surface area contributed by atoms with Crippen molar-refractivity contribution in [2.75, 3.05) is 19.5 Å². The fourth-order valence-electron chi connectivity index (χ4n) is 2.13. The van der Waals surface area contributed by atoms with E-state index < -0.39 is 0 Å². The fraction of sp³-hybridized carbons (Fsp3) is 0.250.